The van der Waals surface area contributed by atoms with Crippen LogP contribution < -0.4 is 0 Å². The van der Waals surface area contributed by atoms with Crippen LogP contribution in [0, 0.1) is 0 Å². The predicted octanol–water partition coefficient (Wildman–Crippen LogP) is 2.95. The standard InChI is InChI=1S/C14H20F3NO/c1-13(2,18(3)4)12(19)9-10-6-5-7-11(8-10)14(15,16)17/h5-8,12,19H,9H2,1-4H3. The Morgan fingerprint density at radius 2 is 1.79 bits per heavy atom. The van der Waals surface area contributed by atoms with Gasteiger partial charge in [0.15, 0.2) is 0 Å². The Bertz CT molecular complexity index is 427. The molecule has 1 aromatic carbocycles. The molecule has 0 aliphatic heterocycles. The number of hydrogen-bond donors (Lipinski definition) is 1. The summed E-state index contributed by atoms with van der Waals surface area (Å²) >= 11 is 0. The number of hydrogen-bond acceptors (Lipinski definition) is 2. The monoisotopic (exact) mass is 275 g/mol. The van der Waals surface area contributed by atoms with Crippen molar-refractivity contribution in [2.45, 2.75) is 38.1 Å². The molecule has 1 atom stereocenters. The third kappa shape index (κ3) is 3.94. The van der Waals surface area contributed by atoms with Crippen LogP contribution in [-0.2, 0) is 12.6 Å². The number of benzene rings is 1. The minimum Gasteiger partial charge on any atom is -0.391 e. The molecule has 1 aromatic rings. The van der Waals surface area contributed by atoms with Crippen molar-refractivity contribution < 1.29 is 18.3 Å². The molecule has 2 nitrogen and oxygen atoms in total. The van der Waals surface area contributed by atoms with Gasteiger partial charge in [-0.05, 0) is 39.6 Å². The molecule has 0 bridgehead atoms. The Morgan fingerprint density at radius 1 is 1.21 bits per heavy atom. The Labute approximate surface area is 111 Å². The van der Waals surface area contributed by atoms with E-state index in [-0.39, 0.29) is 6.42 Å². The molecule has 0 saturated carbocycles. The average molecular weight is 275 g/mol. The fraction of sp³-hybridized carbons (Fsp3) is 0.571. The summed E-state index contributed by atoms with van der Waals surface area (Å²) in [6, 6.07) is 5.10. The Hall–Kier alpha value is -1.07. The Morgan fingerprint density at radius 3 is 2.26 bits per heavy atom. The van der Waals surface area contributed by atoms with Crippen molar-refractivity contribution in [3.8, 4) is 0 Å². The molecule has 0 amide bonds. The van der Waals surface area contributed by atoms with E-state index in [9.17, 15) is 18.3 Å². The highest BCUT2D eigenvalue weighted by molar-refractivity contribution is 5.26. The van der Waals surface area contributed by atoms with Gasteiger partial charge in [0, 0.05) is 12.0 Å². The molecule has 1 rings (SSSR count). The topological polar surface area (TPSA) is 23.5 Å². The number of nitrogens with zero attached hydrogens (tertiary/aromatic N) is 1. The lowest BCUT2D eigenvalue weighted by Crippen LogP contribution is -2.49. The molecule has 0 aliphatic rings. The van der Waals surface area contributed by atoms with E-state index in [1.54, 1.807) is 6.07 Å². The lowest BCUT2D eigenvalue weighted by Gasteiger charge is -2.37. The van der Waals surface area contributed by atoms with Crippen molar-refractivity contribution in [2.75, 3.05) is 14.1 Å². The first-order valence-corrected chi connectivity index (χ1v) is 6.07. The SMILES string of the molecule is CN(C)C(C)(C)C(O)Cc1cccc(C(F)(F)F)c1. The van der Waals surface area contributed by atoms with Gasteiger partial charge in [-0.25, -0.2) is 0 Å². The van der Waals surface area contributed by atoms with E-state index in [1.807, 2.05) is 32.8 Å². The van der Waals surface area contributed by atoms with Crippen LogP contribution in [0.5, 0.6) is 0 Å². The number of alkyl halides is 3. The zero-order valence-electron chi connectivity index (χ0n) is 11.6. The predicted molar refractivity (Wildman–Crippen MR) is 68.9 cm³/mol. The second-order valence-corrected chi connectivity index (χ2v) is 5.47. The van der Waals surface area contributed by atoms with Crippen LogP contribution in [-0.4, -0.2) is 35.7 Å². The molecule has 0 fully saturated rings. The second-order valence-electron chi connectivity index (χ2n) is 5.47. The zero-order chi connectivity index (χ0) is 14.8. The van der Waals surface area contributed by atoms with Gasteiger partial charge < -0.3 is 10.0 Å². The van der Waals surface area contributed by atoms with Crippen molar-refractivity contribution in [3.05, 3.63) is 35.4 Å². The molecule has 0 heterocycles. The van der Waals surface area contributed by atoms with Crippen molar-refractivity contribution in [2.24, 2.45) is 0 Å². The van der Waals surface area contributed by atoms with Gasteiger partial charge in [0.1, 0.15) is 0 Å². The summed E-state index contributed by atoms with van der Waals surface area (Å²) in [7, 11) is 3.66. The summed E-state index contributed by atoms with van der Waals surface area (Å²) in [5.41, 5.74) is -0.703. The molecule has 5 heteroatoms. The molecule has 0 aliphatic carbocycles. The van der Waals surface area contributed by atoms with Crippen molar-refractivity contribution in [3.63, 3.8) is 0 Å². The summed E-state index contributed by atoms with van der Waals surface area (Å²) < 4.78 is 37.8. The van der Waals surface area contributed by atoms with E-state index >= 15 is 0 Å². The van der Waals surface area contributed by atoms with Crippen LogP contribution in [0.2, 0.25) is 0 Å². The summed E-state index contributed by atoms with van der Waals surface area (Å²) in [4.78, 5) is 1.85. The van der Waals surface area contributed by atoms with E-state index in [0.29, 0.717) is 5.56 Å². The summed E-state index contributed by atoms with van der Waals surface area (Å²) in [6.45, 7) is 3.70. The lowest BCUT2D eigenvalue weighted by atomic mass is 9.90. The molecule has 0 radical (unpaired) electrons. The van der Waals surface area contributed by atoms with Crippen LogP contribution >= 0.6 is 0 Å². The van der Waals surface area contributed by atoms with Gasteiger partial charge in [0.05, 0.1) is 11.7 Å². The number of aliphatic hydroxyl groups excluding tert-OH is 1. The Balaban J connectivity index is 2.89. The number of aliphatic hydroxyl groups is 1. The van der Waals surface area contributed by atoms with Gasteiger partial charge >= 0.3 is 6.18 Å². The van der Waals surface area contributed by atoms with Crippen LogP contribution in [0.25, 0.3) is 0 Å². The van der Waals surface area contributed by atoms with E-state index in [0.717, 1.165) is 12.1 Å². The van der Waals surface area contributed by atoms with Crippen molar-refractivity contribution in [1.29, 1.82) is 0 Å². The van der Waals surface area contributed by atoms with E-state index in [2.05, 4.69) is 0 Å². The van der Waals surface area contributed by atoms with E-state index in [4.69, 9.17) is 0 Å². The van der Waals surface area contributed by atoms with Gasteiger partial charge in [-0.2, -0.15) is 13.2 Å². The molecule has 19 heavy (non-hydrogen) atoms. The summed E-state index contributed by atoms with van der Waals surface area (Å²) in [6.07, 6.45) is -4.90. The normalized spacial score (nSPS) is 14.8. The summed E-state index contributed by atoms with van der Waals surface area (Å²) in [5, 5.41) is 10.2. The minimum atomic E-state index is -4.35. The maximum absolute atomic E-state index is 12.6. The van der Waals surface area contributed by atoms with Crippen molar-refractivity contribution >= 4 is 0 Å². The number of rotatable bonds is 4. The maximum Gasteiger partial charge on any atom is 0.416 e. The molecule has 1 unspecified atom stereocenters. The fourth-order valence-electron chi connectivity index (χ4n) is 1.65. The highest BCUT2D eigenvalue weighted by atomic mass is 19.4. The fourth-order valence-corrected chi connectivity index (χ4v) is 1.65. The van der Waals surface area contributed by atoms with Gasteiger partial charge in [0.25, 0.3) is 0 Å². The van der Waals surface area contributed by atoms with Crippen LogP contribution in [0.4, 0.5) is 13.2 Å². The highest BCUT2D eigenvalue weighted by Gasteiger charge is 2.32. The molecule has 0 spiro atoms. The zero-order valence-corrected chi connectivity index (χ0v) is 11.6. The molecule has 0 aromatic heterocycles. The highest BCUT2D eigenvalue weighted by Crippen LogP contribution is 2.30. The quantitative estimate of drug-likeness (QED) is 0.913. The minimum absolute atomic E-state index is 0.190. The van der Waals surface area contributed by atoms with Gasteiger partial charge in [0.2, 0.25) is 0 Å². The smallest absolute Gasteiger partial charge is 0.391 e. The summed E-state index contributed by atoms with van der Waals surface area (Å²) in [5.74, 6) is 0. The van der Waals surface area contributed by atoms with Crippen LogP contribution in [0.15, 0.2) is 24.3 Å². The van der Waals surface area contributed by atoms with E-state index < -0.39 is 23.4 Å². The number of likely N-dealkylation sites (N-methyl/N-ethyl adjacent to an activating group) is 1. The molecule has 0 saturated heterocycles. The van der Waals surface area contributed by atoms with Crippen LogP contribution in [0.1, 0.15) is 25.0 Å². The maximum atomic E-state index is 12.6. The average Bonchev–Trinajstić information content (AvgIpc) is 2.27. The largest absolute Gasteiger partial charge is 0.416 e. The molecule has 1 N–H and O–H groups in total. The first-order valence-electron chi connectivity index (χ1n) is 6.07. The molecular weight excluding hydrogens is 255 g/mol. The first-order chi connectivity index (χ1) is 8.55. The lowest BCUT2D eigenvalue weighted by molar-refractivity contribution is -0.137. The molecule has 108 valence electrons. The Kier molecular flexibility index (Phi) is 4.63. The van der Waals surface area contributed by atoms with Crippen LogP contribution in [0.3, 0.4) is 0 Å². The molecular formula is C14H20F3NO. The van der Waals surface area contributed by atoms with E-state index in [1.165, 1.54) is 6.07 Å². The second kappa shape index (κ2) is 5.51. The van der Waals surface area contributed by atoms with Gasteiger partial charge in [-0.1, -0.05) is 18.2 Å². The first kappa shape index (κ1) is 16.0. The number of halogens is 3. The van der Waals surface area contributed by atoms with Gasteiger partial charge in [-0.3, -0.25) is 0 Å². The third-order valence-electron chi connectivity index (χ3n) is 3.65. The third-order valence-corrected chi connectivity index (χ3v) is 3.65. The van der Waals surface area contributed by atoms with Crippen molar-refractivity contribution in [1.82, 2.24) is 4.90 Å². The van der Waals surface area contributed by atoms with Gasteiger partial charge in [-0.15, -0.1) is 0 Å².